The van der Waals surface area contributed by atoms with Crippen molar-refractivity contribution < 1.29 is 9.66 Å². The highest BCUT2D eigenvalue weighted by atomic mass is 16.6. The Labute approximate surface area is 111 Å². The fourth-order valence-electron chi connectivity index (χ4n) is 3.08. The van der Waals surface area contributed by atoms with Crippen LogP contribution in [-0.2, 0) is 4.74 Å². The molecule has 1 aromatic rings. The average Bonchev–Trinajstić information content (AvgIpc) is 2.81. The van der Waals surface area contributed by atoms with Gasteiger partial charge >= 0.3 is 0 Å². The van der Waals surface area contributed by atoms with Crippen LogP contribution >= 0.6 is 0 Å². The van der Waals surface area contributed by atoms with Crippen molar-refractivity contribution in [3.05, 3.63) is 33.9 Å². The number of nitro groups is 1. The van der Waals surface area contributed by atoms with Crippen molar-refractivity contribution in [2.45, 2.75) is 31.5 Å². The fourth-order valence-corrected chi connectivity index (χ4v) is 3.08. The van der Waals surface area contributed by atoms with Crippen molar-refractivity contribution in [2.75, 3.05) is 11.9 Å². The molecule has 6 heteroatoms. The van der Waals surface area contributed by atoms with E-state index in [4.69, 9.17) is 10.5 Å². The number of nitrogens with zero attached hydrogens (tertiary/aromatic N) is 1. The highest BCUT2D eigenvalue weighted by molar-refractivity contribution is 5.60. The lowest BCUT2D eigenvalue weighted by Gasteiger charge is -2.46. The Morgan fingerprint density at radius 3 is 3.05 bits per heavy atom. The molecule has 6 nitrogen and oxygen atoms in total. The second-order valence-corrected chi connectivity index (χ2v) is 5.24. The van der Waals surface area contributed by atoms with Gasteiger partial charge in [-0.25, -0.2) is 0 Å². The fraction of sp³-hybridized carbons (Fsp3) is 0.538. The van der Waals surface area contributed by atoms with Gasteiger partial charge in [0.2, 0.25) is 0 Å². The first-order valence-corrected chi connectivity index (χ1v) is 6.47. The molecule has 19 heavy (non-hydrogen) atoms. The molecule has 0 radical (unpaired) electrons. The third kappa shape index (κ3) is 1.87. The number of fused-ring (bicyclic) bond motifs is 1. The van der Waals surface area contributed by atoms with Crippen LogP contribution in [0.1, 0.15) is 12.0 Å². The Kier molecular flexibility index (Phi) is 2.91. The van der Waals surface area contributed by atoms with Gasteiger partial charge in [-0.15, -0.1) is 0 Å². The number of nitrogens with two attached hydrogens (primary N) is 1. The number of ether oxygens (including phenoxy) is 1. The summed E-state index contributed by atoms with van der Waals surface area (Å²) in [4.78, 5) is 10.6. The molecule has 1 aliphatic heterocycles. The van der Waals surface area contributed by atoms with Crippen LogP contribution in [0.25, 0.3) is 0 Å². The van der Waals surface area contributed by atoms with E-state index in [0.717, 1.165) is 18.7 Å². The molecular formula is C13H17N3O3. The monoisotopic (exact) mass is 263 g/mol. The van der Waals surface area contributed by atoms with Gasteiger partial charge in [0, 0.05) is 35.9 Å². The van der Waals surface area contributed by atoms with E-state index < -0.39 is 0 Å². The molecule has 1 saturated carbocycles. The van der Waals surface area contributed by atoms with E-state index in [0.29, 0.717) is 11.5 Å². The Hall–Kier alpha value is -1.66. The van der Waals surface area contributed by atoms with E-state index in [9.17, 15) is 10.1 Å². The van der Waals surface area contributed by atoms with E-state index in [-0.39, 0.29) is 28.8 Å². The predicted octanol–water partition coefficient (Wildman–Crippen LogP) is 1.43. The molecule has 1 saturated heterocycles. The predicted molar refractivity (Wildman–Crippen MR) is 71.1 cm³/mol. The number of nitrogens with one attached hydrogen (secondary N) is 1. The largest absolute Gasteiger partial charge is 0.378 e. The molecule has 3 N–H and O–H groups in total. The lowest BCUT2D eigenvalue weighted by atomic mass is 9.72. The minimum Gasteiger partial charge on any atom is -0.378 e. The first-order valence-electron chi connectivity index (χ1n) is 6.47. The van der Waals surface area contributed by atoms with Gasteiger partial charge in [0.05, 0.1) is 17.1 Å². The van der Waals surface area contributed by atoms with Crippen LogP contribution < -0.4 is 11.1 Å². The Bertz CT molecular complexity index is 520. The maximum absolute atomic E-state index is 10.9. The number of anilines is 1. The molecule has 3 rings (SSSR count). The number of hydrogen-bond donors (Lipinski definition) is 2. The summed E-state index contributed by atoms with van der Waals surface area (Å²) in [5, 5.41) is 14.2. The van der Waals surface area contributed by atoms with Gasteiger partial charge in [-0.3, -0.25) is 10.1 Å². The third-order valence-electron chi connectivity index (χ3n) is 4.27. The zero-order valence-corrected chi connectivity index (χ0v) is 10.7. The smallest absolute Gasteiger partial charge is 0.274 e. The van der Waals surface area contributed by atoms with E-state index in [1.807, 2.05) is 6.07 Å². The molecule has 4 atom stereocenters. The standard InChI is InChI=1S/C13H17N3O3/c1-7-9(3-2-4-10(7)16(17)18)15-12-11(14)8-5-6-19-13(8)12/h2-4,8,11-13,15H,5-6,14H2,1H3. The third-order valence-corrected chi connectivity index (χ3v) is 4.27. The molecule has 102 valence electrons. The summed E-state index contributed by atoms with van der Waals surface area (Å²) >= 11 is 0. The summed E-state index contributed by atoms with van der Waals surface area (Å²) in [7, 11) is 0. The molecule has 0 aromatic heterocycles. The topological polar surface area (TPSA) is 90.4 Å². The number of benzene rings is 1. The maximum Gasteiger partial charge on any atom is 0.274 e. The molecular weight excluding hydrogens is 246 g/mol. The van der Waals surface area contributed by atoms with Gasteiger partial charge in [-0.1, -0.05) is 6.07 Å². The lowest BCUT2D eigenvalue weighted by Crippen LogP contribution is -2.65. The van der Waals surface area contributed by atoms with Gasteiger partial charge in [0.25, 0.3) is 5.69 Å². The Morgan fingerprint density at radius 2 is 2.32 bits per heavy atom. The molecule has 2 fully saturated rings. The van der Waals surface area contributed by atoms with Crippen LogP contribution in [0.15, 0.2) is 18.2 Å². The molecule has 0 spiro atoms. The van der Waals surface area contributed by atoms with Gasteiger partial charge in [0.15, 0.2) is 0 Å². The average molecular weight is 263 g/mol. The summed E-state index contributed by atoms with van der Waals surface area (Å²) in [6.45, 7) is 2.51. The second kappa shape index (κ2) is 4.47. The number of rotatable bonds is 3. The first kappa shape index (κ1) is 12.4. The van der Waals surface area contributed by atoms with Gasteiger partial charge in [0.1, 0.15) is 0 Å². The van der Waals surface area contributed by atoms with Crippen molar-refractivity contribution >= 4 is 11.4 Å². The summed E-state index contributed by atoms with van der Waals surface area (Å²) in [6, 6.07) is 5.15. The van der Waals surface area contributed by atoms with E-state index in [1.54, 1.807) is 13.0 Å². The molecule has 4 unspecified atom stereocenters. The Morgan fingerprint density at radius 1 is 1.53 bits per heavy atom. The van der Waals surface area contributed by atoms with Crippen LogP contribution in [0, 0.1) is 23.0 Å². The zero-order chi connectivity index (χ0) is 13.6. The van der Waals surface area contributed by atoms with Gasteiger partial charge < -0.3 is 15.8 Å². The van der Waals surface area contributed by atoms with E-state index in [2.05, 4.69) is 5.32 Å². The maximum atomic E-state index is 10.9. The summed E-state index contributed by atoms with van der Waals surface area (Å²) in [6.07, 6.45) is 1.16. The van der Waals surface area contributed by atoms with E-state index in [1.165, 1.54) is 6.07 Å². The molecule has 0 amide bonds. The highest BCUT2D eigenvalue weighted by Gasteiger charge is 2.52. The highest BCUT2D eigenvalue weighted by Crippen LogP contribution is 2.40. The van der Waals surface area contributed by atoms with Crippen molar-refractivity contribution in [3.8, 4) is 0 Å². The number of nitro benzene ring substituents is 1. The molecule has 2 aliphatic rings. The molecule has 1 aliphatic carbocycles. The summed E-state index contributed by atoms with van der Waals surface area (Å²) < 4.78 is 5.65. The van der Waals surface area contributed by atoms with Crippen LogP contribution in [0.2, 0.25) is 0 Å². The molecule has 1 heterocycles. The summed E-state index contributed by atoms with van der Waals surface area (Å²) in [5.74, 6) is 0.427. The van der Waals surface area contributed by atoms with E-state index >= 15 is 0 Å². The lowest BCUT2D eigenvalue weighted by molar-refractivity contribution is -0.385. The van der Waals surface area contributed by atoms with Crippen LogP contribution in [0.4, 0.5) is 11.4 Å². The molecule has 1 aromatic carbocycles. The Balaban J connectivity index is 1.81. The SMILES string of the molecule is Cc1c(NC2C(N)C3CCOC32)cccc1[N+](=O)[O-]. The molecule has 0 bridgehead atoms. The van der Waals surface area contributed by atoms with Gasteiger partial charge in [-0.2, -0.15) is 0 Å². The van der Waals surface area contributed by atoms with Crippen molar-refractivity contribution in [3.63, 3.8) is 0 Å². The quantitative estimate of drug-likeness (QED) is 0.636. The zero-order valence-electron chi connectivity index (χ0n) is 10.7. The van der Waals surface area contributed by atoms with Crippen molar-refractivity contribution in [2.24, 2.45) is 11.7 Å². The van der Waals surface area contributed by atoms with Gasteiger partial charge in [-0.05, 0) is 19.4 Å². The second-order valence-electron chi connectivity index (χ2n) is 5.24. The van der Waals surface area contributed by atoms with Crippen LogP contribution in [0.3, 0.4) is 0 Å². The van der Waals surface area contributed by atoms with Crippen molar-refractivity contribution in [1.82, 2.24) is 0 Å². The van der Waals surface area contributed by atoms with Crippen LogP contribution in [0.5, 0.6) is 0 Å². The normalized spacial score (nSPS) is 32.5. The minimum atomic E-state index is -0.365. The first-order chi connectivity index (χ1) is 9.09. The minimum absolute atomic E-state index is 0.0493. The van der Waals surface area contributed by atoms with Crippen LogP contribution in [-0.4, -0.2) is 29.7 Å². The van der Waals surface area contributed by atoms with Crippen molar-refractivity contribution in [1.29, 1.82) is 0 Å². The summed E-state index contributed by atoms with van der Waals surface area (Å²) in [5.41, 5.74) is 7.66. The number of hydrogen-bond acceptors (Lipinski definition) is 5.